The number of halogens is 1. The molecule has 0 N–H and O–H groups in total. The molecule has 2 fully saturated rings. The molecular weight excluding hydrogens is 368 g/mol. The van der Waals surface area contributed by atoms with E-state index in [9.17, 15) is 0 Å². The highest BCUT2D eigenvalue weighted by Crippen LogP contribution is 2.38. The third-order valence-electron chi connectivity index (χ3n) is 7.33. The summed E-state index contributed by atoms with van der Waals surface area (Å²) in [5, 5.41) is 0. The van der Waals surface area contributed by atoms with Crippen molar-refractivity contribution in [2.75, 3.05) is 39.8 Å². The molecule has 0 spiro atoms. The van der Waals surface area contributed by atoms with Crippen LogP contribution in [0.1, 0.15) is 74.8 Å². The van der Waals surface area contributed by atoms with Gasteiger partial charge in [0.05, 0.1) is 7.11 Å². The van der Waals surface area contributed by atoms with Crippen molar-refractivity contribution in [2.24, 2.45) is 0 Å². The van der Waals surface area contributed by atoms with Crippen molar-refractivity contribution in [2.45, 2.75) is 76.2 Å². The van der Waals surface area contributed by atoms with E-state index in [2.05, 4.69) is 28.0 Å². The molecule has 1 aliphatic heterocycles. The van der Waals surface area contributed by atoms with Gasteiger partial charge >= 0.3 is 0 Å². The monoisotopic (exact) mass is 406 g/mol. The van der Waals surface area contributed by atoms with Crippen LogP contribution in [0.4, 0.5) is 0 Å². The summed E-state index contributed by atoms with van der Waals surface area (Å²) in [5.74, 6) is 1.85. The van der Waals surface area contributed by atoms with Crippen LogP contribution in [-0.4, -0.2) is 55.7 Å². The van der Waals surface area contributed by atoms with E-state index >= 15 is 0 Å². The van der Waals surface area contributed by atoms with Gasteiger partial charge in [-0.25, -0.2) is 0 Å². The smallest absolute Gasteiger partial charge is 0.122 e. The minimum absolute atomic E-state index is 0. The molecule has 0 bridgehead atoms. The van der Waals surface area contributed by atoms with E-state index < -0.39 is 0 Å². The molecule has 3 nitrogen and oxygen atoms in total. The molecule has 1 saturated heterocycles. The highest BCUT2D eigenvalue weighted by Gasteiger charge is 2.26. The zero-order chi connectivity index (χ0) is 18.5. The molecule has 158 valence electrons. The molecule has 4 heteroatoms. The van der Waals surface area contributed by atoms with E-state index in [1.165, 1.54) is 102 Å². The number of hydrogen-bond acceptors (Lipinski definition) is 3. The third-order valence-corrected chi connectivity index (χ3v) is 7.33. The van der Waals surface area contributed by atoms with Crippen molar-refractivity contribution < 1.29 is 4.74 Å². The fourth-order valence-corrected chi connectivity index (χ4v) is 5.76. The molecule has 1 atom stereocenters. The van der Waals surface area contributed by atoms with Gasteiger partial charge in [-0.2, -0.15) is 0 Å². The summed E-state index contributed by atoms with van der Waals surface area (Å²) in [5.41, 5.74) is 3.06. The zero-order valence-electron chi connectivity index (χ0n) is 17.7. The van der Waals surface area contributed by atoms with Crippen molar-refractivity contribution in [3.63, 3.8) is 0 Å². The fourth-order valence-electron chi connectivity index (χ4n) is 5.76. The summed E-state index contributed by atoms with van der Waals surface area (Å²) < 4.78 is 5.61. The third kappa shape index (κ3) is 5.23. The van der Waals surface area contributed by atoms with Crippen molar-refractivity contribution in [3.05, 3.63) is 29.3 Å². The van der Waals surface area contributed by atoms with Gasteiger partial charge in [0.25, 0.3) is 0 Å². The molecule has 2 aliphatic carbocycles. The Morgan fingerprint density at radius 2 is 1.75 bits per heavy atom. The number of methoxy groups -OCH3 is 1. The number of piperazine rings is 1. The Hall–Kier alpha value is -0.770. The average Bonchev–Trinajstić information content (AvgIpc) is 2.74. The highest BCUT2D eigenvalue weighted by atomic mass is 35.5. The number of rotatable bonds is 6. The van der Waals surface area contributed by atoms with Crippen molar-refractivity contribution in [1.82, 2.24) is 9.80 Å². The predicted molar refractivity (Wildman–Crippen MR) is 120 cm³/mol. The second kappa shape index (κ2) is 10.8. The number of hydrogen-bond donors (Lipinski definition) is 0. The molecule has 1 heterocycles. The van der Waals surface area contributed by atoms with E-state index in [-0.39, 0.29) is 12.4 Å². The minimum Gasteiger partial charge on any atom is -0.496 e. The van der Waals surface area contributed by atoms with Gasteiger partial charge in [0.2, 0.25) is 0 Å². The first-order valence-electron chi connectivity index (χ1n) is 11.5. The first-order chi connectivity index (χ1) is 13.3. The van der Waals surface area contributed by atoms with Crippen LogP contribution in [0, 0.1) is 0 Å². The van der Waals surface area contributed by atoms with Crippen molar-refractivity contribution >= 4 is 12.4 Å². The molecule has 3 aliphatic rings. The summed E-state index contributed by atoms with van der Waals surface area (Å²) >= 11 is 0. The first-order valence-corrected chi connectivity index (χ1v) is 11.5. The Morgan fingerprint density at radius 3 is 2.50 bits per heavy atom. The molecular formula is C24H39ClN2O. The van der Waals surface area contributed by atoms with Gasteiger partial charge in [-0.05, 0) is 74.6 Å². The van der Waals surface area contributed by atoms with E-state index in [4.69, 9.17) is 4.74 Å². The SMILES string of the molecule is COc1cccc2c1CCCC2CCCN1CCN(C2CCCCC2)CC1.Cl. The number of benzene rings is 1. The van der Waals surface area contributed by atoms with Gasteiger partial charge in [0.15, 0.2) is 0 Å². The van der Waals surface area contributed by atoms with E-state index in [0.717, 1.165) is 17.7 Å². The number of nitrogens with zero attached hydrogens (tertiary/aromatic N) is 2. The van der Waals surface area contributed by atoms with Gasteiger partial charge in [-0.15, -0.1) is 12.4 Å². The van der Waals surface area contributed by atoms with E-state index in [0.29, 0.717) is 0 Å². The Labute approximate surface area is 178 Å². The van der Waals surface area contributed by atoms with E-state index in [1.54, 1.807) is 5.56 Å². The minimum atomic E-state index is 0. The Balaban J connectivity index is 0.00000225. The normalized spacial score (nSPS) is 24.4. The van der Waals surface area contributed by atoms with E-state index in [1.807, 2.05) is 7.11 Å². The number of fused-ring (bicyclic) bond motifs is 1. The molecule has 1 aromatic rings. The molecule has 1 unspecified atom stereocenters. The van der Waals surface area contributed by atoms with Crippen LogP contribution in [0.3, 0.4) is 0 Å². The van der Waals surface area contributed by atoms with Crippen LogP contribution in [0.2, 0.25) is 0 Å². The summed E-state index contributed by atoms with van der Waals surface area (Å²) in [7, 11) is 1.81. The quantitative estimate of drug-likeness (QED) is 0.640. The summed E-state index contributed by atoms with van der Waals surface area (Å²) in [6.07, 6.45) is 13.8. The molecule has 4 rings (SSSR count). The molecule has 1 aromatic carbocycles. The summed E-state index contributed by atoms with van der Waals surface area (Å²) in [6.45, 7) is 6.45. The summed E-state index contributed by atoms with van der Waals surface area (Å²) in [4.78, 5) is 5.51. The Morgan fingerprint density at radius 1 is 0.964 bits per heavy atom. The molecule has 28 heavy (non-hydrogen) atoms. The highest BCUT2D eigenvalue weighted by molar-refractivity contribution is 5.85. The van der Waals surface area contributed by atoms with Gasteiger partial charge in [-0.3, -0.25) is 4.90 Å². The lowest BCUT2D eigenvalue weighted by atomic mass is 9.80. The maximum atomic E-state index is 5.61. The standard InChI is InChI=1S/C24H38N2O.ClH/c1-27-24-14-6-12-22-20(8-5-13-23(22)24)9-7-15-25-16-18-26(19-17-25)21-10-3-2-4-11-21;/h6,12,14,20-21H,2-5,7-11,13,15-19H2,1H3;1H. The van der Waals surface area contributed by atoms with Gasteiger partial charge in [0.1, 0.15) is 5.75 Å². The van der Waals surface area contributed by atoms with Crippen LogP contribution in [0.15, 0.2) is 18.2 Å². The lowest BCUT2D eigenvalue weighted by molar-refractivity contribution is 0.0779. The van der Waals surface area contributed by atoms with Gasteiger partial charge in [-0.1, -0.05) is 31.4 Å². The molecule has 1 saturated carbocycles. The maximum absolute atomic E-state index is 5.61. The second-order valence-electron chi connectivity index (χ2n) is 8.93. The maximum Gasteiger partial charge on any atom is 0.122 e. The Bertz CT molecular complexity index is 594. The number of ether oxygens (including phenoxy) is 1. The first kappa shape index (κ1) is 21.9. The second-order valence-corrected chi connectivity index (χ2v) is 8.93. The molecule has 0 aromatic heterocycles. The van der Waals surface area contributed by atoms with Crippen LogP contribution >= 0.6 is 12.4 Å². The Kier molecular flexibility index (Phi) is 8.50. The van der Waals surface area contributed by atoms with Crippen LogP contribution < -0.4 is 4.74 Å². The van der Waals surface area contributed by atoms with Crippen LogP contribution in [-0.2, 0) is 6.42 Å². The van der Waals surface area contributed by atoms with Crippen LogP contribution in [0.25, 0.3) is 0 Å². The summed E-state index contributed by atoms with van der Waals surface area (Å²) in [6, 6.07) is 7.56. The largest absolute Gasteiger partial charge is 0.496 e. The van der Waals surface area contributed by atoms with Gasteiger partial charge in [0, 0.05) is 32.2 Å². The van der Waals surface area contributed by atoms with Crippen molar-refractivity contribution in [1.29, 1.82) is 0 Å². The lowest BCUT2D eigenvalue weighted by Crippen LogP contribution is -2.50. The topological polar surface area (TPSA) is 15.7 Å². The lowest BCUT2D eigenvalue weighted by Gasteiger charge is -2.41. The zero-order valence-corrected chi connectivity index (χ0v) is 18.5. The average molecular weight is 407 g/mol. The predicted octanol–water partition coefficient (Wildman–Crippen LogP) is 5.27. The van der Waals surface area contributed by atoms with Crippen LogP contribution in [0.5, 0.6) is 5.75 Å². The fraction of sp³-hybridized carbons (Fsp3) is 0.750. The molecule has 0 radical (unpaired) electrons. The van der Waals surface area contributed by atoms with Crippen molar-refractivity contribution in [3.8, 4) is 5.75 Å². The molecule has 0 amide bonds. The van der Waals surface area contributed by atoms with Gasteiger partial charge < -0.3 is 9.64 Å².